The zero-order valence-electron chi connectivity index (χ0n) is 13.5. The molecule has 1 aliphatic rings. The molecule has 1 heterocycles. The second-order valence-electron chi connectivity index (χ2n) is 5.91. The zero-order valence-corrected chi connectivity index (χ0v) is 13.5. The Kier molecular flexibility index (Phi) is 4.45. The van der Waals surface area contributed by atoms with Crippen LogP contribution >= 0.6 is 0 Å². The molecule has 0 amide bonds. The van der Waals surface area contributed by atoms with Crippen LogP contribution in [0.25, 0.3) is 0 Å². The molecule has 4 nitrogen and oxygen atoms in total. The Balaban J connectivity index is 2.00. The standard InChI is InChI=1S/C16H14F6N4/c1-23-14-25-12(8-2-3-8)7-13(26-14)24-11-5-4-9(15(17,18)19)6-10(11)16(20,21)22/h4-8H,2-3H2,1H3,(H2,23,24,25,26). The number of aromatic nitrogens is 2. The maximum Gasteiger partial charge on any atom is 0.418 e. The fraction of sp³-hybridized carbons (Fsp3) is 0.375. The molecule has 1 aromatic heterocycles. The van der Waals surface area contributed by atoms with Gasteiger partial charge in [-0.1, -0.05) is 0 Å². The van der Waals surface area contributed by atoms with E-state index in [1.54, 1.807) is 7.05 Å². The summed E-state index contributed by atoms with van der Waals surface area (Å²) in [6.45, 7) is 0. The van der Waals surface area contributed by atoms with E-state index in [-0.39, 0.29) is 23.8 Å². The number of alkyl halides is 6. The maximum absolute atomic E-state index is 13.2. The van der Waals surface area contributed by atoms with E-state index >= 15 is 0 Å². The first-order chi connectivity index (χ1) is 12.1. The van der Waals surface area contributed by atoms with Crippen molar-refractivity contribution in [1.82, 2.24) is 9.97 Å². The highest BCUT2D eigenvalue weighted by Gasteiger charge is 2.38. The Bertz CT molecular complexity index is 811. The molecule has 0 atom stereocenters. The van der Waals surface area contributed by atoms with Crippen LogP contribution in [0.15, 0.2) is 24.3 Å². The van der Waals surface area contributed by atoms with Crippen LogP contribution in [-0.4, -0.2) is 17.0 Å². The Hall–Kier alpha value is -2.52. The van der Waals surface area contributed by atoms with E-state index in [4.69, 9.17) is 0 Å². The van der Waals surface area contributed by atoms with E-state index in [0.717, 1.165) is 18.9 Å². The molecule has 3 rings (SSSR count). The van der Waals surface area contributed by atoms with Crippen LogP contribution in [0, 0.1) is 0 Å². The number of hydrogen-bond donors (Lipinski definition) is 2. The van der Waals surface area contributed by atoms with Crippen molar-refractivity contribution < 1.29 is 26.3 Å². The van der Waals surface area contributed by atoms with Gasteiger partial charge in [-0.25, -0.2) is 4.98 Å². The lowest BCUT2D eigenvalue weighted by Crippen LogP contribution is -2.13. The van der Waals surface area contributed by atoms with Gasteiger partial charge in [0.15, 0.2) is 0 Å². The zero-order chi connectivity index (χ0) is 19.1. The van der Waals surface area contributed by atoms with E-state index < -0.39 is 29.2 Å². The summed E-state index contributed by atoms with van der Waals surface area (Å²) < 4.78 is 77.9. The summed E-state index contributed by atoms with van der Waals surface area (Å²) in [4.78, 5) is 8.27. The minimum Gasteiger partial charge on any atom is -0.357 e. The molecule has 0 saturated heterocycles. The first kappa shape index (κ1) is 18.3. The van der Waals surface area contributed by atoms with E-state index in [1.807, 2.05) is 0 Å². The summed E-state index contributed by atoms with van der Waals surface area (Å²) in [7, 11) is 1.56. The third-order valence-corrected chi connectivity index (χ3v) is 3.88. The van der Waals surface area contributed by atoms with Crippen molar-refractivity contribution in [3.63, 3.8) is 0 Å². The predicted octanol–water partition coefficient (Wildman–Crippen LogP) is 5.18. The van der Waals surface area contributed by atoms with Gasteiger partial charge in [0, 0.05) is 19.0 Å². The minimum absolute atomic E-state index is 0.0801. The van der Waals surface area contributed by atoms with Gasteiger partial charge in [-0.15, -0.1) is 0 Å². The molecule has 26 heavy (non-hydrogen) atoms. The van der Waals surface area contributed by atoms with E-state index in [2.05, 4.69) is 20.6 Å². The molecule has 1 aromatic carbocycles. The van der Waals surface area contributed by atoms with Crippen LogP contribution in [0.1, 0.15) is 35.6 Å². The molecule has 1 fully saturated rings. The largest absolute Gasteiger partial charge is 0.418 e. The Morgan fingerprint density at radius 2 is 1.65 bits per heavy atom. The van der Waals surface area contributed by atoms with Crippen LogP contribution in [0.2, 0.25) is 0 Å². The highest BCUT2D eigenvalue weighted by molar-refractivity contribution is 5.63. The maximum atomic E-state index is 13.2. The fourth-order valence-corrected chi connectivity index (χ4v) is 2.43. The lowest BCUT2D eigenvalue weighted by Gasteiger charge is -2.17. The number of benzene rings is 1. The molecule has 0 unspecified atom stereocenters. The van der Waals surface area contributed by atoms with E-state index in [0.29, 0.717) is 11.8 Å². The van der Waals surface area contributed by atoms with Gasteiger partial charge in [0.2, 0.25) is 5.95 Å². The van der Waals surface area contributed by atoms with Crippen LogP contribution in [0.3, 0.4) is 0 Å². The first-order valence-electron chi connectivity index (χ1n) is 7.70. The third-order valence-electron chi connectivity index (χ3n) is 3.88. The van der Waals surface area contributed by atoms with Crippen molar-refractivity contribution in [2.75, 3.05) is 17.7 Å². The van der Waals surface area contributed by atoms with Crippen molar-refractivity contribution in [2.24, 2.45) is 0 Å². The topological polar surface area (TPSA) is 49.8 Å². The third kappa shape index (κ3) is 4.00. The van der Waals surface area contributed by atoms with Crippen LogP contribution in [0.4, 0.5) is 43.8 Å². The molecule has 0 spiro atoms. The Morgan fingerprint density at radius 3 is 2.19 bits per heavy atom. The van der Waals surface area contributed by atoms with Crippen molar-refractivity contribution in [2.45, 2.75) is 31.1 Å². The van der Waals surface area contributed by atoms with Crippen LogP contribution in [0.5, 0.6) is 0 Å². The smallest absolute Gasteiger partial charge is 0.357 e. The molecule has 2 aromatic rings. The molecule has 0 bridgehead atoms. The number of halogens is 6. The minimum atomic E-state index is -4.96. The number of hydrogen-bond acceptors (Lipinski definition) is 4. The molecule has 2 N–H and O–H groups in total. The quantitative estimate of drug-likeness (QED) is 0.723. The lowest BCUT2D eigenvalue weighted by molar-refractivity contribution is -0.142. The van der Waals surface area contributed by atoms with Crippen molar-refractivity contribution >= 4 is 17.5 Å². The summed E-state index contributed by atoms with van der Waals surface area (Å²) in [5.41, 5.74) is -2.61. The molecule has 1 aliphatic carbocycles. The summed E-state index contributed by atoms with van der Waals surface area (Å²) in [6.07, 6.45) is -7.98. The van der Waals surface area contributed by atoms with E-state index in [9.17, 15) is 26.3 Å². The molecule has 10 heteroatoms. The van der Waals surface area contributed by atoms with Gasteiger partial charge in [-0.2, -0.15) is 31.3 Å². The van der Waals surface area contributed by atoms with Crippen molar-refractivity contribution in [1.29, 1.82) is 0 Å². The van der Waals surface area contributed by atoms with Gasteiger partial charge in [0.25, 0.3) is 0 Å². The molecule has 0 radical (unpaired) electrons. The first-order valence-corrected chi connectivity index (χ1v) is 7.70. The molecule has 140 valence electrons. The number of nitrogens with zero attached hydrogens (tertiary/aromatic N) is 2. The summed E-state index contributed by atoms with van der Waals surface area (Å²) in [5, 5.41) is 5.19. The van der Waals surface area contributed by atoms with Crippen LogP contribution < -0.4 is 10.6 Å². The second-order valence-corrected chi connectivity index (χ2v) is 5.91. The molecule has 0 aliphatic heterocycles. The van der Waals surface area contributed by atoms with Crippen molar-refractivity contribution in [3.8, 4) is 0 Å². The Morgan fingerprint density at radius 1 is 0.962 bits per heavy atom. The Labute approximate surface area is 144 Å². The van der Waals surface area contributed by atoms with Crippen molar-refractivity contribution in [3.05, 3.63) is 41.1 Å². The monoisotopic (exact) mass is 376 g/mol. The summed E-state index contributed by atoms with van der Waals surface area (Å²) in [5.74, 6) is 0.522. The second kappa shape index (κ2) is 6.33. The van der Waals surface area contributed by atoms with Gasteiger partial charge >= 0.3 is 12.4 Å². The average molecular weight is 376 g/mol. The van der Waals surface area contributed by atoms with Gasteiger partial charge in [-0.05, 0) is 31.0 Å². The summed E-state index contributed by atoms with van der Waals surface area (Å²) >= 11 is 0. The summed E-state index contributed by atoms with van der Waals surface area (Å²) in [6, 6.07) is 2.95. The average Bonchev–Trinajstić information content (AvgIpc) is 3.37. The van der Waals surface area contributed by atoms with Gasteiger partial charge in [0.1, 0.15) is 5.82 Å². The SMILES string of the molecule is CNc1nc(Nc2ccc(C(F)(F)F)cc2C(F)(F)F)cc(C2CC2)n1. The fourth-order valence-electron chi connectivity index (χ4n) is 2.43. The van der Waals surface area contributed by atoms with E-state index in [1.165, 1.54) is 6.07 Å². The number of nitrogens with one attached hydrogen (secondary N) is 2. The van der Waals surface area contributed by atoms with Gasteiger partial charge in [0.05, 0.1) is 22.5 Å². The lowest BCUT2D eigenvalue weighted by atomic mass is 10.1. The number of rotatable bonds is 4. The van der Waals surface area contributed by atoms with Crippen LogP contribution in [-0.2, 0) is 12.4 Å². The highest BCUT2D eigenvalue weighted by Crippen LogP contribution is 2.42. The molecule has 1 saturated carbocycles. The predicted molar refractivity (Wildman–Crippen MR) is 83.3 cm³/mol. The van der Waals surface area contributed by atoms with Gasteiger partial charge < -0.3 is 10.6 Å². The highest BCUT2D eigenvalue weighted by atomic mass is 19.4. The molecular formula is C16H14F6N4. The molecular weight excluding hydrogens is 362 g/mol. The normalized spacial score (nSPS) is 15.0. The number of anilines is 3. The van der Waals surface area contributed by atoms with Gasteiger partial charge in [-0.3, -0.25) is 0 Å².